The lowest BCUT2D eigenvalue weighted by Gasteiger charge is -2.26. The highest BCUT2D eigenvalue weighted by atomic mass is 32.2. The lowest BCUT2D eigenvalue weighted by atomic mass is 9.95. The number of esters is 1. The number of nitrogens with two attached hydrogens (primary N) is 1. The van der Waals surface area contributed by atoms with E-state index in [4.69, 9.17) is 10.2 Å². The molecule has 1 rings (SSSR count). The predicted octanol–water partition coefficient (Wildman–Crippen LogP) is 1.17. The van der Waals surface area contributed by atoms with Gasteiger partial charge in [0.05, 0.1) is 7.11 Å². The normalized spacial score (nSPS) is 12.4. The zero-order valence-corrected chi connectivity index (χ0v) is 13.5. The summed E-state index contributed by atoms with van der Waals surface area (Å²) in [7, 11) is -2.65. The van der Waals surface area contributed by atoms with E-state index >= 15 is 0 Å². The van der Waals surface area contributed by atoms with Gasteiger partial charge >= 0.3 is 5.97 Å². The minimum atomic E-state index is -3.86. The SMILES string of the molecule is CCC(N)(CC)CNS(=O)(=O)c1cc(C(=O)OC)c(C)o1. The fourth-order valence-electron chi connectivity index (χ4n) is 1.71. The fraction of sp³-hybridized carbons (Fsp3) is 0.615. The Morgan fingerprint density at radius 3 is 2.48 bits per heavy atom. The largest absolute Gasteiger partial charge is 0.465 e. The molecule has 7 nitrogen and oxygen atoms in total. The molecule has 8 heteroatoms. The Balaban J connectivity index is 2.97. The Hall–Kier alpha value is -1.38. The van der Waals surface area contributed by atoms with Crippen LogP contribution in [0.3, 0.4) is 0 Å². The molecule has 1 heterocycles. The van der Waals surface area contributed by atoms with Crippen molar-refractivity contribution in [3.63, 3.8) is 0 Å². The number of hydrogen-bond donors (Lipinski definition) is 2. The molecule has 0 aliphatic rings. The summed E-state index contributed by atoms with van der Waals surface area (Å²) in [6.45, 7) is 5.38. The molecule has 0 saturated carbocycles. The van der Waals surface area contributed by atoms with Gasteiger partial charge in [-0.1, -0.05) is 13.8 Å². The maximum atomic E-state index is 12.2. The van der Waals surface area contributed by atoms with Gasteiger partial charge in [-0.2, -0.15) is 0 Å². The van der Waals surface area contributed by atoms with Gasteiger partial charge in [-0.25, -0.2) is 17.9 Å². The van der Waals surface area contributed by atoms with Crippen molar-refractivity contribution < 1.29 is 22.4 Å². The summed E-state index contributed by atoms with van der Waals surface area (Å²) in [4.78, 5) is 11.5. The number of carbonyl (C=O) groups excluding carboxylic acids is 1. The molecule has 0 aromatic carbocycles. The summed E-state index contributed by atoms with van der Waals surface area (Å²) in [6.07, 6.45) is 1.27. The first-order chi connectivity index (χ1) is 9.69. The molecule has 0 spiro atoms. The van der Waals surface area contributed by atoms with Crippen LogP contribution in [0.1, 0.15) is 42.8 Å². The smallest absolute Gasteiger partial charge is 0.341 e. The molecule has 1 aromatic rings. The van der Waals surface area contributed by atoms with Crippen LogP contribution in [0.4, 0.5) is 0 Å². The van der Waals surface area contributed by atoms with Gasteiger partial charge in [0.15, 0.2) is 0 Å². The van der Waals surface area contributed by atoms with Crippen molar-refractivity contribution in [3.05, 3.63) is 17.4 Å². The first-order valence-corrected chi connectivity index (χ1v) is 8.14. The number of ether oxygens (including phenoxy) is 1. The number of aryl methyl sites for hydroxylation is 1. The average molecular weight is 318 g/mol. The summed E-state index contributed by atoms with van der Waals surface area (Å²) in [5, 5.41) is -0.324. The lowest BCUT2D eigenvalue weighted by molar-refractivity contribution is 0.0599. The zero-order chi connectivity index (χ0) is 16.3. The first-order valence-electron chi connectivity index (χ1n) is 6.66. The van der Waals surface area contributed by atoms with Crippen LogP contribution < -0.4 is 10.5 Å². The van der Waals surface area contributed by atoms with Crippen LogP contribution >= 0.6 is 0 Å². The predicted molar refractivity (Wildman–Crippen MR) is 77.5 cm³/mol. The van der Waals surface area contributed by atoms with Crippen LogP contribution in [0.5, 0.6) is 0 Å². The van der Waals surface area contributed by atoms with Crippen LogP contribution in [-0.2, 0) is 14.8 Å². The highest BCUT2D eigenvalue weighted by Gasteiger charge is 2.27. The van der Waals surface area contributed by atoms with Crippen molar-refractivity contribution in [1.29, 1.82) is 0 Å². The van der Waals surface area contributed by atoms with Gasteiger partial charge in [0, 0.05) is 18.2 Å². The van der Waals surface area contributed by atoms with Gasteiger partial charge in [-0.05, 0) is 19.8 Å². The van der Waals surface area contributed by atoms with Gasteiger partial charge < -0.3 is 14.9 Å². The quantitative estimate of drug-likeness (QED) is 0.730. The van der Waals surface area contributed by atoms with Crippen LogP contribution in [-0.4, -0.2) is 33.6 Å². The molecule has 120 valence electrons. The molecule has 0 saturated heterocycles. The van der Waals surface area contributed by atoms with Gasteiger partial charge in [0.1, 0.15) is 11.3 Å². The Kier molecular flexibility index (Phi) is 5.54. The second kappa shape index (κ2) is 6.59. The minimum Gasteiger partial charge on any atom is -0.465 e. The summed E-state index contributed by atoms with van der Waals surface area (Å²) in [5.41, 5.74) is 5.53. The van der Waals surface area contributed by atoms with Gasteiger partial charge in [-0.15, -0.1) is 0 Å². The summed E-state index contributed by atoms with van der Waals surface area (Å²) < 4.78 is 36.5. The molecule has 0 radical (unpaired) electrons. The Morgan fingerprint density at radius 1 is 1.43 bits per heavy atom. The van der Waals surface area contributed by atoms with E-state index in [9.17, 15) is 13.2 Å². The van der Waals surface area contributed by atoms with Crippen molar-refractivity contribution in [1.82, 2.24) is 4.72 Å². The zero-order valence-electron chi connectivity index (χ0n) is 12.7. The Morgan fingerprint density at radius 2 is 2.00 bits per heavy atom. The number of hydrogen-bond acceptors (Lipinski definition) is 6. The molecule has 0 aliphatic carbocycles. The molecular formula is C13H22N2O5S. The second-order valence-corrected chi connectivity index (χ2v) is 6.62. The van der Waals surface area contributed by atoms with Crippen molar-refractivity contribution >= 4 is 16.0 Å². The molecule has 0 fully saturated rings. The Bertz CT molecular complexity index is 602. The van der Waals surface area contributed by atoms with Crippen molar-refractivity contribution in [3.8, 4) is 0 Å². The standard InChI is InChI=1S/C13H22N2O5S/c1-5-13(14,6-2)8-15-21(17,18)11-7-10(9(3)20-11)12(16)19-4/h7,15H,5-6,8,14H2,1-4H3. The van der Waals surface area contributed by atoms with Crippen molar-refractivity contribution in [2.75, 3.05) is 13.7 Å². The van der Waals surface area contributed by atoms with Crippen molar-refractivity contribution in [2.45, 2.75) is 44.2 Å². The maximum Gasteiger partial charge on any atom is 0.341 e. The van der Waals surface area contributed by atoms with E-state index in [0.717, 1.165) is 6.07 Å². The van der Waals surface area contributed by atoms with E-state index in [1.807, 2.05) is 13.8 Å². The first kappa shape index (κ1) is 17.7. The average Bonchev–Trinajstić information content (AvgIpc) is 2.87. The van der Waals surface area contributed by atoms with Crippen LogP contribution in [0.2, 0.25) is 0 Å². The van der Waals surface area contributed by atoms with Crippen LogP contribution in [0.25, 0.3) is 0 Å². The third-order valence-corrected chi connectivity index (χ3v) is 4.84. The third-order valence-electron chi connectivity index (χ3n) is 3.59. The van der Waals surface area contributed by atoms with E-state index in [0.29, 0.717) is 12.8 Å². The van der Waals surface area contributed by atoms with Gasteiger partial charge in [0.25, 0.3) is 10.0 Å². The highest BCUT2D eigenvalue weighted by Crippen LogP contribution is 2.20. The van der Waals surface area contributed by atoms with E-state index in [2.05, 4.69) is 9.46 Å². The maximum absolute atomic E-state index is 12.2. The molecule has 0 unspecified atom stereocenters. The third kappa shape index (κ3) is 4.05. The monoisotopic (exact) mass is 318 g/mol. The second-order valence-electron chi connectivity index (χ2n) is 4.92. The topological polar surface area (TPSA) is 112 Å². The molecule has 3 N–H and O–H groups in total. The van der Waals surface area contributed by atoms with E-state index in [-0.39, 0.29) is 23.0 Å². The number of rotatable bonds is 7. The lowest BCUT2D eigenvalue weighted by Crippen LogP contribution is -2.49. The fourth-order valence-corrected chi connectivity index (χ4v) is 2.84. The number of carbonyl (C=O) groups is 1. The molecule has 1 aromatic heterocycles. The molecule has 0 bridgehead atoms. The molecule has 0 aliphatic heterocycles. The number of methoxy groups -OCH3 is 1. The number of sulfonamides is 1. The molecule has 21 heavy (non-hydrogen) atoms. The van der Waals surface area contributed by atoms with Gasteiger partial charge in [-0.3, -0.25) is 0 Å². The highest BCUT2D eigenvalue weighted by molar-refractivity contribution is 7.89. The van der Waals surface area contributed by atoms with Crippen LogP contribution in [0, 0.1) is 6.92 Å². The van der Waals surface area contributed by atoms with Gasteiger partial charge in [0.2, 0.25) is 5.09 Å². The molecule has 0 atom stereocenters. The summed E-state index contributed by atoms with van der Waals surface area (Å²) >= 11 is 0. The van der Waals surface area contributed by atoms with Crippen molar-refractivity contribution in [2.24, 2.45) is 5.73 Å². The minimum absolute atomic E-state index is 0.0860. The van der Waals surface area contributed by atoms with Crippen LogP contribution in [0.15, 0.2) is 15.6 Å². The molecular weight excluding hydrogens is 296 g/mol. The number of furan rings is 1. The van der Waals surface area contributed by atoms with E-state index in [1.165, 1.54) is 14.0 Å². The molecule has 0 amide bonds. The van der Waals surface area contributed by atoms with E-state index in [1.54, 1.807) is 0 Å². The Labute approximate surface area is 124 Å². The summed E-state index contributed by atoms with van der Waals surface area (Å²) in [5.74, 6) is -0.458. The summed E-state index contributed by atoms with van der Waals surface area (Å²) in [6, 6.07) is 1.15. The van der Waals surface area contributed by atoms with E-state index < -0.39 is 21.5 Å². The number of nitrogens with one attached hydrogen (secondary N) is 1.